The van der Waals surface area contributed by atoms with Gasteiger partial charge in [0.2, 0.25) is 5.91 Å². The minimum Gasteiger partial charge on any atom is -0.394 e. The van der Waals surface area contributed by atoms with Crippen molar-refractivity contribution in [3.05, 3.63) is 24.3 Å². The summed E-state index contributed by atoms with van der Waals surface area (Å²) in [5.74, 6) is -0.175. The van der Waals surface area contributed by atoms with Gasteiger partial charge in [-0.05, 0) is 44.9 Å². The number of rotatable bonds is 49. The molecular formula is C57H109NO8. The second-order valence-corrected chi connectivity index (χ2v) is 20.1. The first kappa shape index (κ1) is 62.7. The van der Waals surface area contributed by atoms with Crippen LogP contribution in [0.2, 0.25) is 0 Å². The molecule has 390 valence electrons. The first-order valence-corrected chi connectivity index (χ1v) is 28.6. The molecule has 9 heteroatoms. The highest BCUT2D eigenvalue weighted by Gasteiger charge is 2.44. The second kappa shape index (κ2) is 47.4. The number of allylic oxidation sites excluding steroid dienone is 3. The predicted octanol–water partition coefficient (Wildman–Crippen LogP) is 13.8. The Kier molecular flexibility index (Phi) is 45.0. The summed E-state index contributed by atoms with van der Waals surface area (Å²) < 4.78 is 11.3. The Hall–Kier alpha value is -1.33. The van der Waals surface area contributed by atoms with Gasteiger partial charge in [0, 0.05) is 6.42 Å². The lowest BCUT2D eigenvalue weighted by Crippen LogP contribution is -2.60. The lowest BCUT2D eigenvalue weighted by molar-refractivity contribution is -0.302. The Morgan fingerprint density at radius 2 is 0.848 bits per heavy atom. The van der Waals surface area contributed by atoms with Crippen LogP contribution >= 0.6 is 0 Å². The molecule has 6 N–H and O–H groups in total. The van der Waals surface area contributed by atoms with Gasteiger partial charge in [0.25, 0.3) is 0 Å². The standard InChI is InChI=1S/C57H109NO8/c1-3-5-7-9-11-13-15-17-19-21-23-24-25-26-27-29-30-32-34-36-38-40-42-44-46-51(60)50(49-65-57-56(64)55(63)54(62)52(48-59)66-57)58-53(61)47-45-43-41-39-37-35-33-31-28-22-20-18-16-14-12-10-8-6-4-2/h18,20,44,46,50-52,54-57,59-60,62-64H,3-17,19,21-43,45,47-49H2,1-2H3,(H,58,61)/b20-18-,46-44+. The summed E-state index contributed by atoms with van der Waals surface area (Å²) in [5, 5.41) is 54.5. The van der Waals surface area contributed by atoms with Gasteiger partial charge in [0.1, 0.15) is 24.4 Å². The number of carbonyl (C=O) groups excluding carboxylic acids is 1. The molecule has 1 aliphatic heterocycles. The minimum atomic E-state index is -1.57. The van der Waals surface area contributed by atoms with Crippen LogP contribution in [0.3, 0.4) is 0 Å². The summed E-state index contributed by atoms with van der Waals surface area (Å²) in [6, 6.07) is -0.804. The van der Waals surface area contributed by atoms with Crippen molar-refractivity contribution >= 4 is 5.91 Å². The number of hydrogen-bond donors (Lipinski definition) is 6. The van der Waals surface area contributed by atoms with Gasteiger partial charge in [0.15, 0.2) is 6.29 Å². The molecule has 7 unspecified atom stereocenters. The van der Waals surface area contributed by atoms with E-state index >= 15 is 0 Å². The zero-order valence-electron chi connectivity index (χ0n) is 43.2. The Morgan fingerprint density at radius 3 is 1.23 bits per heavy atom. The van der Waals surface area contributed by atoms with Crippen molar-refractivity contribution in [3.63, 3.8) is 0 Å². The molecule has 1 saturated heterocycles. The van der Waals surface area contributed by atoms with E-state index in [9.17, 15) is 30.3 Å². The van der Waals surface area contributed by atoms with Crippen LogP contribution in [0, 0.1) is 0 Å². The van der Waals surface area contributed by atoms with Crippen LogP contribution in [0.4, 0.5) is 0 Å². The summed E-state index contributed by atoms with van der Waals surface area (Å²) in [7, 11) is 0. The molecule has 1 aliphatic rings. The van der Waals surface area contributed by atoms with Crippen molar-refractivity contribution in [2.45, 2.75) is 320 Å². The average molecular weight is 936 g/mol. The monoisotopic (exact) mass is 936 g/mol. The van der Waals surface area contributed by atoms with Crippen LogP contribution in [0.5, 0.6) is 0 Å². The van der Waals surface area contributed by atoms with Gasteiger partial charge < -0.3 is 40.3 Å². The van der Waals surface area contributed by atoms with Crippen LogP contribution in [0.15, 0.2) is 24.3 Å². The Bertz CT molecular complexity index is 1090. The van der Waals surface area contributed by atoms with Crippen LogP contribution in [-0.4, -0.2) is 87.5 Å². The summed E-state index contributed by atoms with van der Waals surface area (Å²) in [4.78, 5) is 13.0. The number of amides is 1. The summed E-state index contributed by atoms with van der Waals surface area (Å²) in [6.07, 6.45) is 52.4. The van der Waals surface area contributed by atoms with Gasteiger partial charge in [-0.15, -0.1) is 0 Å². The first-order valence-electron chi connectivity index (χ1n) is 28.6. The van der Waals surface area contributed by atoms with E-state index in [0.29, 0.717) is 6.42 Å². The van der Waals surface area contributed by atoms with Gasteiger partial charge >= 0.3 is 0 Å². The molecule has 0 aliphatic carbocycles. The van der Waals surface area contributed by atoms with Gasteiger partial charge in [-0.25, -0.2) is 0 Å². The molecular weight excluding hydrogens is 827 g/mol. The van der Waals surface area contributed by atoms with Gasteiger partial charge in [-0.2, -0.15) is 0 Å². The number of aliphatic hydroxyl groups excluding tert-OH is 5. The molecule has 7 atom stereocenters. The van der Waals surface area contributed by atoms with E-state index in [4.69, 9.17) is 9.47 Å². The van der Waals surface area contributed by atoms with E-state index in [1.165, 1.54) is 218 Å². The molecule has 0 radical (unpaired) electrons. The van der Waals surface area contributed by atoms with E-state index < -0.39 is 49.5 Å². The highest BCUT2D eigenvalue weighted by molar-refractivity contribution is 5.76. The number of unbranched alkanes of at least 4 members (excludes halogenated alkanes) is 37. The van der Waals surface area contributed by atoms with Crippen molar-refractivity contribution in [1.82, 2.24) is 5.32 Å². The van der Waals surface area contributed by atoms with Crippen molar-refractivity contribution in [3.8, 4) is 0 Å². The Labute approximate surface area is 407 Å². The van der Waals surface area contributed by atoms with E-state index in [0.717, 1.165) is 38.5 Å². The zero-order valence-corrected chi connectivity index (χ0v) is 43.2. The number of nitrogens with one attached hydrogen (secondary N) is 1. The Balaban J connectivity index is 2.23. The lowest BCUT2D eigenvalue weighted by Gasteiger charge is -2.40. The van der Waals surface area contributed by atoms with Crippen LogP contribution in [0.1, 0.15) is 277 Å². The van der Waals surface area contributed by atoms with Crippen LogP contribution in [0.25, 0.3) is 0 Å². The second-order valence-electron chi connectivity index (χ2n) is 20.1. The van der Waals surface area contributed by atoms with Crippen molar-refractivity contribution in [1.29, 1.82) is 0 Å². The molecule has 1 heterocycles. The number of ether oxygens (including phenoxy) is 2. The minimum absolute atomic E-state index is 0.175. The summed E-state index contributed by atoms with van der Waals surface area (Å²) >= 11 is 0. The molecule has 66 heavy (non-hydrogen) atoms. The molecule has 1 amide bonds. The SMILES string of the molecule is CCCCCCCC/C=C\CCCCCCCCCCCC(=O)NC(COC1OC(CO)C(O)C(O)C1O)C(O)/C=C/CCCCCCCCCCCCCCCCCCCCCCCC. The molecule has 0 aromatic heterocycles. The first-order chi connectivity index (χ1) is 32.3. The maximum atomic E-state index is 13.0. The van der Waals surface area contributed by atoms with E-state index in [-0.39, 0.29) is 12.5 Å². The fourth-order valence-corrected chi connectivity index (χ4v) is 9.21. The highest BCUT2D eigenvalue weighted by Crippen LogP contribution is 2.23. The van der Waals surface area contributed by atoms with Gasteiger partial charge in [-0.3, -0.25) is 4.79 Å². The largest absolute Gasteiger partial charge is 0.394 e. The van der Waals surface area contributed by atoms with E-state index in [1.807, 2.05) is 6.08 Å². The number of hydrogen-bond acceptors (Lipinski definition) is 8. The number of aliphatic hydroxyl groups is 5. The van der Waals surface area contributed by atoms with Crippen molar-refractivity contribution in [2.75, 3.05) is 13.2 Å². The molecule has 1 fully saturated rings. The van der Waals surface area contributed by atoms with Gasteiger partial charge in [-0.1, -0.05) is 250 Å². The average Bonchev–Trinajstić information content (AvgIpc) is 3.32. The summed E-state index contributed by atoms with van der Waals surface area (Å²) in [6.45, 7) is 3.81. The third-order valence-electron chi connectivity index (χ3n) is 13.8. The Morgan fingerprint density at radius 1 is 0.500 bits per heavy atom. The van der Waals surface area contributed by atoms with Crippen LogP contribution in [-0.2, 0) is 14.3 Å². The molecule has 1 rings (SSSR count). The highest BCUT2D eigenvalue weighted by atomic mass is 16.7. The smallest absolute Gasteiger partial charge is 0.220 e. The van der Waals surface area contributed by atoms with Crippen molar-refractivity contribution < 1.29 is 39.8 Å². The predicted molar refractivity (Wildman–Crippen MR) is 277 cm³/mol. The lowest BCUT2D eigenvalue weighted by atomic mass is 9.99. The van der Waals surface area contributed by atoms with Crippen LogP contribution < -0.4 is 5.32 Å². The molecule has 0 spiro atoms. The number of carbonyl (C=O) groups is 1. The maximum Gasteiger partial charge on any atom is 0.220 e. The van der Waals surface area contributed by atoms with Crippen molar-refractivity contribution in [2.24, 2.45) is 0 Å². The third kappa shape index (κ3) is 36.6. The van der Waals surface area contributed by atoms with E-state index in [2.05, 4.69) is 31.3 Å². The quantitative estimate of drug-likeness (QED) is 0.0261. The van der Waals surface area contributed by atoms with E-state index in [1.54, 1.807) is 6.08 Å². The van der Waals surface area contributed by atoms with Gasteiger partial charge in [0.05, 0.1) is 25.4 Å². The normalized spacial score (nSPS) is 19.9. The molecule has 0 aromatic carbocycles. The fourth-order valence-electron chi connectivity index (χ4n) is 9.21. The molecule has 0 saturated carbocycles. The zero-order chi connectivity index (χ0) is 48.0. The topological polar surface area (TPSA) is 149 Å². The molecule has 0 bridgehead atoms. The fraction of sp³-hybridized carbons (Fsp3) is 0.912. The maximum absolute atomic E-state index is 13.0. The summed E-state index contributed by atoms with van der Waals surface area (Å²) in [5.41, 5.74) is 0. The third-order valence-corrected chi connectivity index (χ3v) is 13.8. The molecule has 0 aromatic rings. The molecule has 9 nitrogen and oxygen atoms in total.